The average molecular weight is 260 g/mol. The zero-order valence-electron chi connectivity index (χ0n) is 11.2. The van der Waals surface area contributed by atoms with Gasteiger partial charge in [-0.05, 0) is 20.3 Å². The summed E-state index contributed by atoms with van der Waals surface area (Å²) in [6.45, 7) is 5.95. The van der Waals surface area contributed by atoms with Crippen molar-refractivity contribution in [3.8, 4) is 5.75 Å². The van der Waals surface area contributed by atoms with Crippen LogP contribution in [0.2, 0.25) is 0 Å². The molecule has 0 spiro atoms. The Morgan fingerprint density at radius 1 is 1.42 bits per heavy atom. The van der Waals surface area contributed by atoms with Gasteiger partial charge in [0.05, 0.1) is 0 Å². The van der Waals surface area contributed by atoms with Crippen molar-refractivity contribution < 1.29 is 19.1 Å². The highest BCUT2D eigenvalue weighted by molar-refractivity contribution is 5.97. The van der Waals surface area contributed by atoms with Crippen molar-refractivity contribution in [1.29, 1.82) is 0 Å². The number of hydrogen-bond donors (Lipinski definition) is 1. The van der Waals surface area contributed by atoms with Gasteiger partial charge in [-0.25, -0.2) is 4.79 Å². The molecular weight excluding hydrogens is 244 g/mol. The first-order valence-electron chi connectivity index (χ1n) is 6.42. The maximum absolute atomic E-state index is 11.2. The van der Waals surface area contributed by atoms with E-state index in [2.05, 4.69) is 0 Å². The van der Waals surface area contributed by atoms with E-state index in [1.165, 1.54) is 0 Å². The molecule has 2 heterocycles. The number of aromatic carboxylic acids is 1. The molecule has 19 heavy (non-hydrogen) atoms. The van der Waals surface area contributed by atoms with Gasteiger partial charge < -0.3 is 14.3 Å². The molecule has 1 aromatic carbocycles. The van der Waals surface area contributed by atoms with Gasteiger partial charge in [0.2, 0.25) is 5.76 Å². The number of carboxylic acid groups (broad SMARTS) is 1. The number of benzene rings is 1. The maximum Gasteiger partial charge on any atom is 0.372 e. The molecule has 2 aromatic rings. The van der Waals surface area contributed by atoms with Crippen molar-refractivity contribution in [2.75, 3.05) is 0 Å². The van der Waals surface area contributed by atoms with E-state index in [9.17, 15) is 9.90 Å². The number of fused-ring (bicyclic) bond motifs is 3. The van der Waals surface area contributed by atoms with Crippen LogP contribution in [0, 0.1) is 0 Å². The second-order valence-electron chi connectivity index (χ2n) is 5.54. The second kappa shape index (κ2) is 3.76. The van der Waals surface area contributed by atoms with E-state index in [1.54, 1.807) is 0 Å². The molecule has 0 bridgehead atoms. The lowest BCUT2D eigenvalue weighted by Crippen LogP contribution is -2.24. The van der Waals surface area contributed by atoms with Crippen LogP contribution in [0.4, 0.5) is 0 Å². The molecule has 0 atom stereocenters. The molecule has 0 saturated carbocycles. The summed E-state index contributed by atoms with van der Waals surface area (Å²) in [6, 6.07) is 3.94. The van der Waals surface area contributed by atoms with E-state index >= 15 is 0 Å². The van der Waals surface area contributed by atoms with Gasteiger partial charge in [-0.3, -0.25) is 0 Å². The number of carbonyl (C=O) groups is 1. The van der Waals surface area contributed by atoms with Gasteiger partial charge in [0.15, 0.2) is 11.3 Å². The van der Waals surface area contributed by atoms with E-state index in [1.807, 2.05) is 32.9 Å². The lowest BCUT2D eigenvalue weighted by molar-refractivity contribution is 0.0663. The molecule has 3 rings (SSSR count). The predicted molar refractivity (Wildman–Crippen MR) is 71.0 cm³/mol. The summed E-state index contributed by atoms with van der Waals surface area (Å²) in [6.07, 6.45) is 1.43. The Morgan fingerprint density at radius 3 is 2.79 bits per heavy atom. The molecule has 0 amide bonds. The standard InChI is InChI=1S/C15H16O4/c1-4-9-10-6-5-8-7-15(2,3)19-11(8)12(10)18-13(9)14(16)17/h5-6H,4,7H2,1-3H3,(H,16,17). The largest absolute Gasteiger partial charge is 0.483 e. The van der Waals surface area contributed by atoms with Crippen LogP contribution in [0.15, 0.2) is 16.5 Å². The first-order chi connectivity index (χ1) is 8.93. The molecule has 0 unspecified atom stereocenters. The molecule has 100 valence electrons. The van der Waals surface area contributed by atoms with Crippen LogP contribution in [0.5, 0.6) is 5.75 Å². The third-order valence-corrected chi connectivity index (χ3v) is 3.54. The Hall–Kier alpha value is -1.97. The monoisotopic (exact) mass is 260 g/mol. The Balaban J connectivity index is 2.30. The summed E-state index contributed by atoms with van der Waals surface area (Å²) >= 11 is 0. The zero-order valence-corrected chi connectivity index (χ0v) is 11.2. The van der Waals surface area contributed by atoms with E-state index in [0.717, 1.165) is 22.9 Å². The van der Waals surface area contributed by atoms with Crippen LogP contribution in [-0.2, 0) is 12.8 Å². The molecular formula is C15H16O4. The van der Waals surface area contributed by atoms with Gasteiger partial charge in [-0.15, -0.1) is 0 Å². The lowest BCUT2D eigenvalue weighted by atomic mass is 10.00. The molecule has 0 aliphatic carbocycles. The molecule has 0 radical (unpaired) electrons. The van der Waals surface area contributed by atoms with Crippen LogP contribution < -0.4 is 4.74 Å². The van der Waals surface area contributed by atoms with Crippen molar-refractivity contribution in [3.63, 3.8) is 0 Å². The highest BCUT2D eigenvalue weighted by Gasteiger charge is 2.34. The predicted octanol–water partition coefficient (Wildman–Crippen LogP) is 3.41. The van der Waals surface area contributed by atoms with E-state index in [0.29, 0.717) is 17.8 Å². The van der Waals surface area contributed by atoms with Crippen molar-refractivity contribution in [3.05, 3.63) is 29.0 Å². The van der Waals surface area contributed by atoms with Gasteiger partial charge in [-0.1, -0.05) is 19.1 Å². The smallest absolute Gasteiger partial charge is 0.372 e. The minimum absolute atomic E-state index is 0.0270. The lowest BCUT2D eigenvalue weighted by Gasteiger charge is -2.16. The number of rotatable bonds is 2. The zero-order chi connectivity index (χ0) is 13.8. The summed E-state index contributed by atoms with van der Waals surface area (Å²) in [4.78, 5) is 11.2. The fourth-order valence-corrected chi connectivity index (χ4v) is 2.77. The normalized spacial score (nSPS) is 16.4. The first-order valence-corrected chi connectivity index (χ1v) is 6.42. The Kier molecular flexibility index (Phi) is 2.39. The van der Waals surface area contributed by atoms with Crippen LogP contribution in [-0.4, -0.2) is 16.7 Å². The molecule has 1 aliphatic heterocycles. The van der Waals surface area contributed by atoms with Crippen LogP contribution in [0.1, 0.15) is 42.5 Å². The average Bonchev–Trinajstić information content (AvgIpc) is 2.83. The first kappa shape index (κ1) is 12.1. The summed E-state index contributed by atoms with van der Waals surface area (Å²) in [5.74, 6) is -0.303. The van der Waals surface area contributed by atoms with Gasteiger partial charge in [-0.2, -0.15) is 0 Å². The molecule has 4 nitrogen and oxygen atoms in total. The third-order valence-electron chi connectivity index (χ3n) is 3.54. The summed E-state index contributed by atoms with van der Waals surface area (Å²) < 4.78 is 11.5. The number of ether oxygens (including phenoxy) is 1. The Morgan fingerprint density at radius 2 is 2.16 bits per heavy atom. The molecule has 1 aromatic heterocycles. The molecule has 0 fully saturated rings. The molecule has 1 N–H and O–H groups in total. The maximum atomic E-state index is 11.2. The number of hydrogen-bond acceptors (Lipinski definition) is 3. The van der Waals surface area contributed by atoms with Gasteiger partial charge in [0, 0.05) is 22.9 Å². The number of furan rings is 1. The molecule has 1 aliphatic rings. The minimum atomic E-state index is -1.03. The molecule has 0 saturated heterocycles. The van der Waals surface area contributed by atoms with Crippen LogP contribution >= 0.6 is 0 Å². The van der Waals surface area contributed by atoms with Gasteiger partial charge in [0.1, 0.15) is 5.60 Å². The van der Waals surface area contributed by atoms with Gasteiger partial charge in [0.25, 0.3) is 0 Å². The quantitative estimate of drug-likeness (QED) is 0.898. The van der Waals surface area contributed by atoms with Gasteiger partial charge >= 0.3 is 5.97 Å². The van der Waals surface area contributed by atoms with Crippen molar-refractivity contribution in [1.82, 2.24) is 0 Å². The topological polar surface area (TPSA) is 59.7 Å². The minimum Gasteiger partial charge on any atom is -0.483 e. The van der Waals surface area contributed by atoms with E-state index in [-0.39, 0.29) is 11.4 Å². The second-order valence-corrected chi connectivity index (χ2v) is 5.54. The molecule has 4 heteroatoms. The third kappa shape index (κ3) is 1.70. The van der Waals surface area contributed by atoms with Crippen molar-refractivity contribution in [2.24, 2.45) is 0 Å². The fraction of sp³-hybridized carbons (Fsp3) is 0.400. The Labute approximate surface area is 111 Å². The number of carboxylic acids is 1. The van der Waals surface area contributed by atoms with Crippen molar-refractivity contribution >= 4 is 16.9 Å². The summed E-state index contributed by atoms with van der Waals surface area (Å²) in [5.41, 5.74) is 2.11. The van der Waals surface area contributed by atoms with Crippen molar-refractivity contribution in [2.45, 2.75) is 39.2 Å². The SMILES string of the molecule is CCc1c(C(=O)O)oc2c3c(ccc12)CC(C)(C)O3. The number of aryl methyl sites for hydroxylation is 1. The fourth-order valence-electron chi connectivity index (χ4n) is 2.77. The highest BCUT2D eigenvalue weighted by atomic mass is 16.5. The Bertz CT molecular complexity index is 679. The summed E-state index contributed by atoms with van der Waals surface area (Å²) in [5, 5.41) is 10.1. The van der Waals surface area contributed by atoms with Crippen LogP contribution in [0.25, 0.3) is 11.0 Å². The highest BCUT2D eigenvalue weighted by Crippen LogP contribution is 2.43. The van der Waals surface area contributed by atoms with Crippen LogP contribution in [0.3, 0.4) is 0 Å². The van der Waals surface area contributed by atoms with E-state index in [4.69, 9.17) is 9.15 Å². The van der Waals surface area contributed by atoms with E-state index < -0.39 is 5.97 Å². The summed E-state index contributed by atoms with van der Waals surface area (Å²) in [7, 11) is 0.